The fraction of sp³-hybridized carbons (Fsp3) is 0.370. The Kier molecular flexibility index (Phi) is 5.89. The van der Waals surface area contributed by atoms with Crippen molar-refractivity contribution >= 4 is 34.0 Å². The zero-order valence-electron chi connectivity index (χ0n) is 20.5. The van der Waals surface area contributed by atoms with Gasteiger partial charge in [0.1, 0.15) is 11.4 Å². The van der Waals surface area contributed by atoms with E-state index < -0.39 is 0 Å². The van der Waals surface area contributed by atoms with Gasteiger partial charge in [0.2, 0.25) is 0 Å². The highest BCUT2D eigenvalue weighted by molar-refractivity contribution is 7.09. The molecule has 6 heterocycles. The fourth-order valence-electron chi connectivity index (χ4n) is 5.03. The average Bonchev–Trinajstić information content (AvgIpc) is 3.29. The van der Waals surface area contributed by atoms with Crippen LogP contribution < -0.4 is 10.9 Å². The Morgan fingerprint density at radius 1 is 1.28 bits per heavy atom. The molecule has 2 fully saturated rings. The summed E-state index contributed by atoms with van der Waals surface area (Å²) in [6, 6.07) is 11.0. The third-order valence-electron chi connectivity index (χ3n) is 7.23. The van der Waals surface area contributed by atoms with Crippen molar-refractivity contribution in [2.45, 2.75) is 45.3 Å². The number of hydrogen-bond acceptors (Lipinski definition) is 6. The van der Waals surface area contributed by atoms with Crippen molar-refractivity contribution in [1.82, 2.24) is 24.8 Å². The maximum Gasteiger partial charge on any atom is 0.261 e. The molecular weight excluding hydrogens is 472 g/mol. The highest BCUT2D eigenvalue weighted by atomic mass is 32.1. The number of nitrogens with zero attached hydrogens (tertiary/aromatic N) is 3. The first-order chi connectivity index (χ1) is 17.5. The number of amides is 1. The number of aromatic amines is 2. The molecule has 0 spiro atoms. The topological polar surface area (TPSA) is 96.9 Å². The summed E-state index contributed by atoms with van der Waals surface area (Å²) in [6.07, 6.45) is 3.99. The molecule has 0 saturated carbocycles. The van der Waals surface area contributed by atoms with Gasteiger partial charge in [-0.15, -0.1) is 11.3 Å². The maximum atomic E-state index is 12.7. The van der Waals surface area contributed by atoms with Crippen LogP contribution in [0.15, 0.2) is 46.7 Å². The molecule has 3 N–H and O–H groups in total. The smallest absolute Gasteiger partial charge is 0.261 e. The van der Waals surface area contributed by atoms with E-state index in [1.165, 1.54) is 24.4 Å². The van der Waals surface area contributed by atoms with Gasteiger partial charge in [-0.3, -0.25) is 14.5 Å². The van der Waals surface area contributed by atoms with E-state index in [9.17, 15) is 9.59 Å². The number of fused-ring (bicyclic) bond motifs is 3. The van der Waals surface area contributed by atoms with Crippen LogP contribution in [0.5, 0.6) is 0 Å². The molecule has 7 rings (SSSR count). The SMILES string of the molecule is C1CN2CC12.CCN1Cc2cc3[nH]c(-c4c(N[C@@H](C)Cc5cccs5)cc[nH]c4=O)nc3cc2C1=O. The van der Waals surface area contributed by atoms with Gasteiger partial charge >= 0.3 is 0 Å². The normalized spacial score (nSPS) is 20.3. The standard InChI is InChI=1S/C23H23N5O2S.C4H7N/c1-3-28-12-14-10-18-19(11-16(14)23(28)30)27-21(26-18)20-17(6-7-24-22(20)29)25-13(2)9-15-5-4-8-31-15;1-2-5-3-4(1)5/h4-8,10-11,13H,3,9,12H2,1-2H3,(H,26,27)(H2,24,25,29);4H,1-3H2/t13-;/m0./s1. The molecule has 9 heteroatoms. The number of carbonyl (C=O) groups is 1. The zero-order chi connectivity index (χ0) is 24.8. The van der Waals surface area contributed by atoms with Gasteiger partial charge in [0.25, 0.3) is 11.5 Å². The first kappa shape index (κ1) is 23.0. The second-order valence-electron chi connectivity index (χ2n) is 9.79. The number of rotatable bonds is 6. The van der Waals surface area contributed by atoms with Crippen molar-refractivity contribution in [1.29, 1.82) is 0 Å². The van der Waals surface area contributed by atoms with Gasteiger partial charge in [-0.25, -0.2) is 4.98 Å². The third kappa shape index (κ3) is 4.33. The number of pyridine rings is 1. The second kappa shape index (κ2) is 9.22. The Balaban J connectivity index is 0.000000421. The molecule has 0 bridgehead atoms. The van der Waals surface area contributed by atoms with Gasteiger partial charge in [-0.05, 0) is 55.5 Å². The van der Waals surface area contributed by atoms with Crippen molar-refractivity contribution in [3.05, 3.63) is 68.3 Å². The molecule has 0 radical (unpaired) electrons. The lowest BCUT2D eigenvalue weighted by molar-refractivity contribution is 0.0787. The molecule has 1 aromatic carbocycles. The molecule has 2 unspecified atom stereocenters. The van der Waals surface area contributed by atoms with Crippen LogP contribution in [0.25, 0.3) is 22.4 Å². The van der Waals surface area contributed by atoms with E-state index in [1.807, 2.05) is 36.1 Å². The Bertz CT molecular complexity index is 1460. The van der Waals surface area contributed by atoms with Crippen LogP contribution in [0.4, 0.5) is 5.69 Å². The predicted molar refractivity (Wildman–Crippen MR) is 144 cm³/mol. The van der Waals surface area contributed by atoms with Gasteiger partial charge in [-0.1, -0.05) is 6.07 Å². The van der Waals surface area contributed by atoms with E-state index in [4.69, 9.17) is 0 Å². The number of nitrogens with one attached hydrogen (secondary N) is 3. The maximum absolute atomic E-state index is 12.7. The summed E-state index contributed by atoms with van der Waals surface area (Å²) in [5.41, 5.74) is 4.16. The van der Waals surface area contributed by atoms with E-state index >= 15 is 0 Å². The molecule has 8 nitrogen and oxygen atoms in total. The number of H-pyrrole nitrogens is 2. The Morgan fingerprint density at radius 3 is 2.81 bits per heavy atom. The Labute approximate surface area is 213 Å². The highest BCUT2D eigenvalue weighted by Crippen LogP contribution is 2.31. The molecule has 2 saturated heterocycles. The number of thiophene rings is 1. The number of anilines is 1. The molecule has 36 heavy (non-hydrogen) atoms. The fourth-order valence-corrected chi connectivity index (χ4v) is 5.87. The minimum atomic E-state index is -0.215. The van der Waals surface area contributed by atoms with Crippen molar-refractivity contribution in [3.63, 3.8) is 0 Å². The Morgan fingerprint density at radius 2 is 2.14 bits per heavy atom. The summed E-state index contributed by atoms with van der Waals surface area (Å²) in [7, 11) is 0. The molecule has 3 atom stereocenters. The van der Waals surface area contributed by atoms with Crippen LogP contribution in [0.1, 0.15) is 41.1 Å². The molecule has 3 aromatic heterocycles. The molecule has 3 aliphatic rings. The van der Waals surface area contributed by atoms with E-state index in [0.717, 1.165) is 29.2 Å². The lowest BCUT2D eigenvalue weighted by atomic mass is 10.1. The van der Waals surface area contributed by atoms with E-state index in [1.54, 1.807) is 17.5 Å². The summed E-state index contributed by atoms with van der Waals surface area (Å²) >= 11 is 1.72. The highest BCUT2D eigenvalue weighted by Gasteiger charge is 2.41. The average molecular weight is 503 g/mol. The van der Waals surface area contributed by atoms with Crippen LogP contribution in [0, 0.1) is 0 Å². The first-order valence-electron chi connectivity index (χ1n) is 12.6. The minimum absolute atomic E-state index is 0.0336. The summed E-state index contributed by atoms with van der Waals surface area (Å²) in [6.45, 7) is 8.16. The van der Waals surface area contributed by atoms with Crippen LogP contribution in [0.3, 0.4) is 0 Å². The number of imidazole rings is 1. The predicted octanol–water partition coefficient (Wildman–Crippen LogP) is 4.07. The second-order valence-corrected chi connectivity index (χ2v) is 10.8. The first-order valence-corrected chi connectivity index (χ1v) is 13.4. The zero-order valence-corrected chi connectivity index (χ0v) is 21.3. The van der Waals surface area contributed by atoms with Crippen LogP contribution in [-0.4, -0.2) is 62.4 Å². The van der Waals surface area contributed by atoms with Gasteiger partial charge in [0, 0.05) is 61.3 Å². The quantitative estimate of drug-likeness (QED) is 0.346. The summed E-state index contributed by atoms with van der Waals surface area (Å²) in [4.78, 5) is 41.5. The molecule has 0 aliphatic carbocycles. The summed E-state index contributed by atoms with van der Waals surface area (Å²) in [5.74, 6) is 0.525. The minimum Gasteiger partial charge on any atom is -0.381 e. The lowest BCUT2D eigenvalue weighted by Gasteiger charge is -2.16. The van der Waals surface area contributed by atoms with E-state index in [2.05, 4.69) is 43.5 Å². The summed E-state index contributed by atoms with van der Waals surface area (Å²) in [5, 5.41) is 5.53. The third-order valence-corrected chi connectivity index (χ3v) is 8.13. The van der Waals surface area contributed by atoms with Crippen molar-refractivity contribution < 1.29 is 4.79 Å². The molecule has 4 aromatic rings. The van der Waals surface area contributed by atoms with Crippen LogP contribution in [-0.2, 0) is 13.0 Å². The number of hydrogen-bond donors (Lipinski definition) is 3. The van der Waals surface area contributed by atoms with E-state index in [-0.39, 0.29) is 17.5 Å². The van der Waals surface area contributed by atoms with Crippen LogP contribution >= 0.6 is 11.3 Å². The molecular formula is C27H30N6O2S. The molecule has 186 valence electrons. The number of benzene rings is 1. The van der Waals surface area contributed by atoms with Crippen molar-refractivity contribution in [2.24, 2.45) is 0 Å². The molecule has 1 amide bonds. The van der Waals surface area contributed by atoms with Crippen LogP contribution in [0.2, 0.25) is 0 Å². The monoisotopic (exact) mass is 502 g/mol. The van der Waals surface area contributed by atoms with E-state index in [0.29, 0.717) is 35.6 Å². The van der Waals surface area contributed by atoms with Gasteiger partial charge in [0.05, 0.1) is 16.7 Å². The van der Waals surface area contributed by atoms with Crippen molar-refractivity contribution in [3.8, 4) is 11.4 Å². The van der Waals surface area contributed by atoms with Gasteiger partial charge in [0.15, 0.2) is 0 Å². The van der Waals surface area contributed by atoms with Gasteiger partial charge in [-0.2, -0.15) is 0 Å². The van der Waals surface area contributed by atoms with Gasteiger partial charge < -0.3 is 20.2 Å². The lowest BCUT2D eigenvalue weighted by Crippen LogP contribution is -2.22. The molecule has 3 aliphatic heterocycles. The van der Waals surface area contributed by atoms with Crippen molar-refractivity contribution in [2.75, 3.05) is 25.0 Å². The largest absolute Gasteiger partial charge is 0.381 e. The number of carbonyl (C=O) groups excluding carboxylic acids is 1. The Hall–Kier alpha value is -3.43. The number of aromatic nitrogens is 3. The summed E-state index contributed by atoms with van der Waals surface area (Å²) < 4.78 is 0.